The van der Waals surface area contributed by atoms with Crippen molar-refractivity contribution in [3.63, 3.8) is 0 Å². The highest BCUT2D eigenvalue weighted by Crippen LogP contribution is 2.27. The Morgan fingerprint density at radius 1 is 1.50 bits per heavy atom. The minimum Gasteiger partial charge on any atom is -0.330 e. The Morgan fingerprint density at radius 2 is 2.20 bits per heavy atom. The first-order valence-corrected chi connectivity index (χ1v) is 6.70. The Hall–Kier alpha value is -1.17. The van der Waals surface area contributed by atoms with Gasteiger partial charge in [0.2, 0.25) is 0 Å². The second-order valence-electron chi connectivity index (χ2n) is 5.43. The summed E-state index contributed by atoms with van der Waals surface area (Å²) in [4.78, 5) is 13.0. The van der Waals surface area contributed by atoms with Gasteiger partial charge in [0.1, 0.15) is 0 Å². The Kier molecular flexibility index (Phi) is 5.92. The summed E-state index contributed by atoms with van der Waals surface area (Å²) in [5.41, 5.74) is 7.75. The molecular weight excluding hydrogens is 278 g/mol. The van der Waals surface area contributed by atoms with Crippen molar-refractivity contribution in [3.05, 3.63) is 39.4 Å². The first kappa shape index (κ1) is 16.9. The molecule has 0 aromatic heterocycles. The highest BCUT2D eigenvalue weighted by atomic mass is 35.5. The standard InChI is InChI=1S/C14H21N3O2.ClH/c1-10-6-12(7-15)8-16(10)9-13-4-3-5-14(11(13)2)17(18)19;/h3-5,10,12H,6-9,15H2,1-2H3;1H. The molecule has 2 atom stereocenters. The zero-order valence-corrected chi connectivity index (χ0v) is 12.7. The predicted molar refractivity (Wildman–Crippen MR) is 82.1 cm³/mol. The maximum atomic E-state index is 10.9. The minimum atomic E-state index is -0.311. The van der Waals surface area contributed by atoms with E-state index < -0.39 is 0 Å². The molecule has 1 heterocycles. The first-order valence-electron chi connectivity index (χ1n) is 6.70. The Bertz CT molecular complexity index is 481. The van der Waals surface area contributed by atoms with E-state index in [2.05, 4.69) is 11.8 Å². The van der Waals surface area contributed by atoms with Crippen LogP contribution in [0.25, 0.3) is 0 Å². The van der Waals surface area contributed by atoms with Gasteiger partial charge in [0.15, 0.2) is 0 Å². The molecule has 1 saturated heterocycles. The van der Waals surface area contributed by atoms with E-state index in [0.29, 0.717) is 12.0 Å². The molecule has 1 aliphatic rings. The average molecular weight is 300 g/mol. The average Bonchev–Trinajstić information content (AvgIpc) is 2.72. The fourth-order valence-electron chi connectivity index (χ4n) is 2.87. The van der Waals surface area contributed by atoms with Crippen LogP contribution in [0.15, 0.2) is 18.2 Å². The van der Waals surface area contributed by atoms with E-state index in [9.17, 15) is 10.1 Å². The highest BCUT2D eigenvalue weighted by Gasteiger charge is 2.28. The van der Waals surface area contributed by atoms with Gasteiger partial charge in [0, 0.05) is 30.8 Å². The molecule has 2 N–H and O–H groups in total. The normalized spacial score (nSPS) is 22.6. The van der Waals surface area contributed by atoms with Crippen LogP contribution in [0.2, 0.25) is 0 Å². The molecule has 1 fully saturated rings. The van der Waals surface area contributed by atoms with Crippen LogP contribution in [0.4, 0.5) is 5.69 Å². The van der Waals surface area contributed by atoms with Gasteiger partial charge < -0.3 is 5.73 Å². The number of rotatable bonds is 4. The molecule has 0 bridgehead atoms. The number of hydrogen-bond acceptors (Lipinski definition) is 4. The van der Waals surface area contributed by atoms with E-state index in [1.165, 1.54) is 0 Å². The fourth-order valence-corrected chi connectivity index (χ4v) is 2.87. The summed E-state index contributed by atoms with van der Waals surface area (Å²) in [6, 6.07) is 5.80. The van der Waals surface area contributed by atoms with Gasteiger partial charge >= 0.3 is 0 Å². The molecule has 2 rings (SSSR count). The zero-order valence-electron chi connectivity index (χ0n) is 11.9. The lowest BCUT2D eigenvalue weighted by Crippen LogP contribution is -2.27. The molecule has 2 unspecified atom stereocenters. The molecule has 0 spiro atoms. The third-order valence-corrected chi connectivity index (χ3v) is 4.11. The first-order chi connectivity index (χ1) is 9.02. The predicted octanol–water partition coefficient (Wildman–Crippen LogP) is 2.49. The van der Waals surface area contributed by atoms with Crippen LogP contribution in [0.5, 0.6) is 0 Å². The van der Waals surface area contributed by atoms with Crippen LogP contribution >= 0.6 is 12.4 Å². The van der Waals surface area contributed by atoms with Crippen LogP contribution in [0.1, 0.15) is 24.5 Å². The van der Waals surface area contributed by atoms with E-state index in [-0.39, 0.29) is 23.0 Å². The number of nitrogens with zero attached hydrogens (tertiary/aromatic N) is 2. The van der Waals surface area contributed by atoms with Gasteiger partial charge in [0.05, 0.1) is 4.92 Å². The molecule has 112 valence electrons. The van der Waals surface area contributed by atoms with Gasteiger partial charge in [-0.2, -0.15) is 0 Å². The number of nitrogens with two attached hydrogens (primary N) is 1. The number of benzene rings is 1. The molecular formula is C14H22ClN3O2. The van der Waals surface area contributed by atoms with Gasteiger partial charge in [-0.15, -0.1) is 12.4 Å². The number of nitro benzene ring substituents is 1. The fraction of sp³-hybridized carbons (Fsp3) is 0.571. The molecule has 0 saturated carbocycles. The van der Waals surface area contributed by atoms with Crippen molar-refractivity contribution in [2.24, 2.45) is 11.7 Å². The maximum Gasteiger partial charge on any atom is 0.272 e. The largest absolute Gasteiger partial charge is 0.330 e. The van der Waals surface area contributed by atoms with Gasteiger partial charge in [-0.25, -0.2) is 0 Å². The summed E-state index contributed by atoms with van der Waals surface area (Å²) in [6.45, 7) is 6.50. The van der Waals surface area contributed by atoms with Crippen molar-refractivity contribution in [1.29, 1.82) is 0 Å². The quantitative estimate of drug-likeness (QED) is 0.685. The van der Waals surface area contributed by atoms with E-state index in [0.717, 1.165) is 37.2 Å². The van der Waals surface area contributed by atoms with Crippen molar-refractivity contribution in [1.82, 2.24) is 4.90 Å². The zero-order chi connectivity index (χ0) is 14.0. The lowest BCUT2D eigenvalue weighted by Gasteiger charge is -2.22. The van der Waals surface area contributed by atoms with Gasteiger partial charge in [-0.3, -0.25) is 15.0 Å². The summed E-state index contributed by atoms with van der Waals surface area (Å²) < 4.78 is 0. The van der Waals surface area contributed by atoms with Crippen molar-refractivity contribution < 1.29 is 4.92 Å². The second kappa shape index (κ2) is 7.02. The Labute approximate surface area is 125 Å². The molecule has 0 radical (unpaired) electrons. The number of halogens is 1. The van der Waals surface area contributed by atoms with Crippen LogP contribution in [0, 0.1) is 23.0 Å². The molecule has 20 heavy (non-hydrogen) atoms. The van der Waals surface area contributed by atoms with Crippen molar-refractivity contribution in [2.45, 2.75) is 32.9 Å². The number of hydrogen-bond donors (Lipinski definition) is 1. The molecule has 0 amide bonds. The van der Waals surface area contributed by atoms with E-state index >= 15 is 0 Å². The van der Waals surface area contributed by atoms with Gasteiger partial charge in [0.25, 0.3) is 5.69 Å². The van der Waals surface area contributed by atoms with Crippen LogP contribution in [0.3, 0.4) is 0 Å². The van der Waals surface area contributed by atoms with Crippen molar-refractivity contribution in [2.75, 3.05) is 13.1 Å². The molecule has 5 nitrogen and oxygen atoms in total. The molecule has 1 aromatic rings. The summed E-state index contributed by atoms with van der Waals surface area (Å²) >= 11 is 0. The smallest absolute Gasteiger partial charge is 0.272 e. The number of nitro groups is 1. The lowest BCUT2D eigenvalue weighted by molar-refractivity contribution is -0.385. The topological polar surface area (TPSA) is 72.4 Å². The van der Waals surface area contributed by atoms with Crippen molar-refractivity contribution >= 4 is 18.1 Å². The van der Waals surface area contributed by atoms with Gasteiger partial charge in [-0.1, -0.05) is 12.1 Å². The maximum absolute atomic E-state index is 10.9. The monoisotopic (exact) mass is 299 g/mol. The van der Waals surface area contributed by atoms with Crippen LogP contribution in [-0.4, -0.2) is 29.0 Å². The molecule has 1 aromatic carbocycles. The van der Waals surface area contributed by atoms with E-state index in [1.54, 1.807) is 12.1 Å². The van der Waals surface area contributed by atoms with Crippen molar-refractivity contribution in [3.8, 4) is 0 Å². The Balaban J connectivity index is 0.00000200. The van der Waals surface area contributed by atoms with E-state index in [4.69, 9.17) is 5.73 Å². The SMILES string of the molecule is Cc1c(CN2CC(CN)CC2C)cccc1[N+](=O)[O-].Cl. The third-order valence-electron chi connectivity index (χ3n) is 4.11. The van der Waals surface area contributed by atoms with E-state index in [1.807, 2.05) is 13.0 Å². The number of likely N-dealkylation sites (tertiary alicyclic amines) is 1. The summed E-state index contributed by atoms with van der Waals surface area (Å²) in [6.07, 6.45) is 1.12. The molecule has 1 aliphatic heterocycles. The highest BCUT2D eigenvalue weighted by molar-refractivity contribution is 5.85. The van der Waals surface area contributed by atoms with Crippen LogP contribution < -0.4 is 5.73 Å². The molecule has 0 aliphatic carbocycles. The summed E-state index contributed by atoms with van der Waals surface area (Å²) in [5.74, 6) is 0.550. The Morgan fingerprint density at radius 3 is 2.75 bits per heavy atom. The summed E-state index contributed by atoms with van der Waals surface area (Å²) in [5, 5.41) is 10.9. The van der Waals surface area contributed by atoms with Gasteiger partial charge in [-0.05, 0) is 38.3 Å². The third kappa shape index (κ3) is 3.48. The summed E-state index contributed by atoms with van der Waals surface area (Å²) in [7, 11) is 0. The van der Waals surface area contributed by atoms with Crippen LogP contribution in [-0.2, 0) is 6.54 Å². The lowest BCUT2D eigenvalue weighted by atomic mass is 10.1. The second-order valence-corrected chi connectivity index (χ2v) is 5.43. The minimum absolute atomic E-state index is 0. The molecule has 6 heteroatoms.